The molecule has 0 amide bonds. The van der Waals surface area contributed by atoms with Crippen molar-refractivity contribution in [2.24, 2.45) is 0 Å². The number of nitrogens with zero attached hydrogens (tertiary/aromatic N) is 1. The van der Waals surface area contributed by atoms with Gasteiger partial charge in [0, 0.05) is 17.8 Å². The molecule has 31 heavy (non-hydrogen) atoms. The number of aryl methyl sites for hydroxylation is 2. The zero-order valence-electron chi connectivity index (χ0n) is 17.5. The van der Waals surface area contributed by atoms with E-state index in [4.69, 9.17) is 4.74 Å². The molecule has 6 heteroatoms. The quantitative estimate of drug-likeness (QED) is 0.386. The van der Waals surface area contributed by atoms with Crippen molar-refractivity contribution in [3.8, 4) is 22.6 Å². The topological polar surface area (TPSA) is 56.3 Å². The highest BCUT2D eigenvalue weighted by Gasteiger charge is 2.12. The first-order chi connectivity index (χ1) is 14.7. The van der Waals surface area contributed by atoms with E-state index in [1.807, 2.05) is 26.0 Å². The molecule has 3 aromatic carbocycles. The number of sulfone groups is 1. The Labute approximate surface area is 181 Å². The molecule has 0 unspecified atom stereocenters. The summed E-state index contributed by atoms with van der Waals surface area (Å²) in [6, 6.07) is 17.6. The van der Waals surface area contributed by atoms with Crippen LogP contribution in [-0.4, -0.2) is 19.7 Å². The Morgan fingerprint density at radius 1 is 0.871 bits per heavy atom. The predicted molar refractivity (Wildman–Crippen MR) is 122 cm³/mol. The summed E-state index contributed by atoms with van der Waals surface area (Å²) >= 11 is 0. The van der Waals surface area contributed by atoms with Crippen LogP contribution in [0.15, 0.2) is 66.9 Å². The van der Waals surface area contributed by atoms with Gasteiger partial charge in [-0.05, 0) is 72.0 Å². The van der Waals surface area contributed by atoms with Gasteiger partial charge in [0.15, 0.2) is 21.4 Å². The summed E-state index contributed by atoms with van der Waals surface area (Å²) in [5.74, 6) is 0.174. The lowest BCUT2D eigenvalue weighted by molar-refractivity contribution is 0.446. The van der Waals surface area contributed by atoms with Crippen molar-refractivity contribution in [3.63, 3.8) is 0 Å². The zero-order valence-corrected chi connectivity index (χ0v) is 18.3. The van der Waals surface area contributed by atoms with Crippen LogP contribution in [0.25, 0.3) is 22.0 Å². The fraction of sp³-hybridized carbons (Fsp3) is 0.160. The Balaban J connectivity index is 1.62. The molecule has 4 nitrogen and oxygen atoms in total. The number of hydrogen-bond donors (Lipinski definition) is 0. The van der Waals surface area contributed by atoms with Crippen molar-refractivity contribution in [2.45, 2.75) is 19.6 Å². The fourth-order valence-electron chi connectivity index (χ4n) is 3.45. The minimum absolute atomic E-state index is 0.0205. The van der Waals surface area contributed by atoms with Crippen molar-refractivity contribution in [1.82, 2.24) is 4.98 Å². The van der Waals surface area contributed by atoms with Gasteiger partial charge < -0.3 is 4.74 Å². The minimum atomic E-state index is -3.10. The molecule has 0 fully saturated rings. The number of fused-ring (bicyclic) bond motifs is 1. The number of aromatic nitrogens is 1. The Morgan fingerprint density at radius 2 is 1.55 bits per heavy atom. The highest BCUT2D eigenvalue weighted by atomic mass is 32.2. The smallest absolute Gasteiger partial charge is 0.166 e. The highest BCUT2D eigenvalue weighted by molar-refractivity contribution is 7.89. The Bertz CT molecular complexity index is 1380. The van der Waals surface area contributed by atoms with Gasteiger partial charge in [0.25, 0.3) is 0 Å². The van der Waals surface area contributed by atoms with Crippen LogP contribution >= 0.6 is 0 Å². The van der Waals surface area contributed by atoms with Gasteiger partial charge in [-0.1, -0.05) is 30.3 Å². The number of ether oxygens (including phenoxy) is 1. The molecule has 0 aliphatic rings. The van der Waals surface area contributed by atoms with E-state index < -0.39 is 15.7 Å². The van der Waals surface area contributed by atoms with E-state index in [0.29, 0.717) is 16.9 Å². The van der Waals surface area contributed by atoms with Gasteiger partial charge >= 0.3 is 0 Å². The van der Waals surface area contributed by atoms with E-state index in [2.05, 4.69) is 4.98 Å². The normalized spacial score (nSPS) is 11.6. The fourth-order valence-corrected chi connectivity index (χ4v) is 4.24. The SMILES string of the molecule is Cc1cc2nccc(Oc3ccc(-c4ccc(CS(C)(=O)=O)cc4)cc3F)c2cc1C. The summed E-state index contributed by atoms with van der Waals surface area (Å²) in [4.78, 5) is 4.38. The van der Waals surface area contributed by atoms with Crippen LogP contribution in [0.4, 0.5) is 4.39 Å². The average Bonchev–Trinajstić information content (AvgIpc) is 2.70. The first-order valence-corrected chi connectivity index (χ1v) is 11.9. The number of benzene rings is 3. The van der Waals surface area contributed by atoms with Gasteiger partial charge in [0.05, 0.1) is 11.3 Å². The maximum atomic E-state index is 14.8. The number of halogens is 1. The lowest BCUT2D eigenvalue weighted by atomic mass is 10.0. The molecule has 0 aliphatic carbocycles. The Hall–Kier alpha value is -3.25. The van der Waals surface area contributed by atoms with E-state index in [0.717, 1.165) is 27.6 Å². The average molecular weight is 436 g/mol. The molecular weight excluding hydrogens is 413 g/mol. The second-order valence-corrected chi connectivity index (χ2v) is 9.92. The minimum Gasteiger partial charge on any atom is -0.454 e. The van der Waals surface area contributed by atoms with Crippen LogP contribution in [0.5, 0.6) is 11.5 Å². The monoisotopic (exact) mass is 435 g/mol. The summed E-state index contributed by atoms with van der Waals surface area (Å²) in [6.07, 6.45) is 2.85. The number of hydrogen-bond acceptors (Lipinski definition) is 4. The molecule has 4 rings (SSSR count). The molecule has 158 valence electrons. The Morgan fingerprint density at radius 3 is 2.23 bits per heavy atom. The van der Waals surface area contributed by atoms with Crippen molar-refractivity contribution >= 4 is 20.7 Å². The molecular formula is C25H22FNO3S. The molecule has 0 aliphatic heterocycles. The molecule has 0 saturated heterocycles. The maximum absolute atomic E-state index is 14.8. The summed E-state index contributed by atoms with van der Waals surface area (Å²) in [5.41, 5.74) is 5.22. The van der Waals surface area contributed by atoms with Crippen LogP contribution in [0.3, 0.4) is 0 Å². The Kier molecular flexibility index (Phi) is 5.50. The van der Waals surface area contributed by atoms with Gasteiger partial charge in [-0.15, -0.1) is 0 Å². The van der Waals surface area contributed by atoms with E-state index in [1.165, 1.54) is 12.3 Å². The number of pyridine rings is 1. The second-order valence-electron chi connectivity index (χ2n) is 7.78. The van der Waals surface area contributed by atoms with Gasteiger partial charge in [-0.2, -0.15) is 0 Å². The van der Waals surface area contributed by atoms with Gasteiger partial charge in [0.1, 0.15) is 5.75 Å². The molecule has 0 spiro atoms. The van der Waals surface area contributed by atoms with Gasteiger partial charge in [0.2, 0.25) is 0 Å². The largest absolute Gasteiger partial charge is 0.454 e. The highest BCUT2D eigenvalue weighted by Crippen LogP contribution is 2.33. The van der Waals surface area contributed by atoms with E-state index in [-0.39, 0.29) is 11.5 Å². The second kappa shape index (κ2) is 8.12. The van der Waals surface area contributed by atoms with Crippen LogP contribution in [0.2, 0.25) is 0 Å². The molecule has 0 atom stereocenters. The summed E-state index contributed by atoms with van der Waals surface area (Å²) in [7, 11) is -3.10. The molecule has 0 N–H and O–H groups in total. The van der Waals surface area contributed by atoms with E-state index >= 15 is 0 Å². The van der Waals surface area contributed by atoms with Crippen LogP contribution in [0, 0.1) is 19.7 Å². The van der Waals surface area contributed by atoms with Crippen molar-refractivity contribution in [2.75, 3.05) is 6.26 Å². The lowest BCUT2D eigenvalue weighted by Gasteiger charge is -2.12. The van der Waals surface area contributed by atoms with E-state index in [9.17, 15) is 12.8 Å². The van der Waals surface area contributed by atoms with Gasteiger partial charge in [-0.25, -0.2) is 12.8 Å². The third-order valence-electron chi connectivity index (χ3n) is 5.18. The lowest BCUT2D eigenvalue weighted by Crippen LogP contribution is -2.00. The molecule has 4 aromatic rings. The maximum Gasteiger partial charge on any atom is 0.166 e. The molecule has 0 saturated carbocycles. The first-order valence-electron chi connectivity index (χ1n) is 9.80. The third kappa shape index (κ3) is 4.75. The summed E-state index contributed by atoms with van der Waals surface area (Å²) in [6.45, 7) is 4.04. The van der Waals surface area contributed by atoms with Crippen LogP contribution in [0.1, 0.15) is 16.7 Å². The third-order valence-corrected chi connectivity index (χ3v) is 6.04. The van der Waals surface area contributed by atoms with Crippen LogP contribution < -0.4 is 4.74 Å². The van der Waals surface area contributed by atoms with Crippen LogP contribution in [-0.2, 0) is 15.6 Å². The van der Waals surface area contributed by atoms with Crippen molar-refractivity contribution in [1.29, 1.82) is 0 Å². The predicted octanol–water partition coefficient (Wildman–Crippen LogP) is 5.99. The molecule has 0 bridgehead atoms. The molecule has 1 aromatic heterocycles. The summed E-state index contributed by atoms with van der Waals surface area (Å²) in [5, 5.41) is 0.829. The van der Waals surface area contributed by atoms with Crippen molar-refractivity contribution in [3.05, 3.63) is 89.4 Å². The molecule has 1 heterocycles. The molecule has 0 radical (unpaired) electrons. The van der Waals surface area contributed by atoms with E-state index in [1.54, 1.807) is 48.7 Å². The van der Waals surface area contributed by atoms with Crippen molar-refractivity contribution < 1.29 is 17.5 Å². The zero-order chi connectivity index (χ0) is 22.2. The standard InChI is InChI=1S/C25H22FNO3S/c1-16-12-21-23(13-17(16)2)27-11-10-24(21)30-25-9-8-20(14-22(25)26)19-6-4-18(5-7-19)15-31(3,28)29/h4-14H,15H2,1-3H3. The number of rotatable bonds is 5. The van der Waals surface area contributed by atoms with Gasteiger partial charge in [-0.3, -0.25) is 4.98 Å². The summed E-state index contributed by atoms with van der Waals surface area (Å²) < 4.78 is 43.6. The first kappa shape index (κ1) is 21.0.